The third-order valence-electron chi connectivity index (χ3n) is 3.03. The highest BCUT2D eigenvalue weighted by molar-refractivity contribution is 5.86. The van der Waals surface area contributed by atoms with Crippen LogP contribution in [0.4, 0.5) is 0 Å². The molecule has 0 heterocycles. The smallest absolute Gasteiger partial charge is 0.329 e. The van der Waals surface area contributed by atoms with Gasteiger partial charge in [-0.1, -0.05) is 44.2 Å². The maximum atomic E-state index is 12.1. The van der Waals surface area contributed by atoms with E-state index in [2.05, 4.69) is 5.32 Å². The number of amides is 1. The Morgan fingerprint density at radius 2 is 1.77 bits per heavy atom. The lowest BCUT2D eigenvalue weighted by molar-refractivity contribution is -0.150. The number of ether oxygens (including phenoxy) is 1. The van der Waals surface area contributed by atoms with E-state index in [0.717, 1.165) is 5.56 Å². The second kappa shape index (κ2) is 8.81. The molecule has 0 aliphatic carbocycles. The van der Waals surface area contributed by atoms with Gasteiger partial charge in [0.25, 0.3) is 0 Å². The van der Waals surface area contributed by atoms with Crippen molar-refractivity contribution in [1.82, 2.24) is 5.32 Å². The van der Waals surface area contributed by atoms with E-state index in [9.17, 15) is 14.4 Å². The van der Waals surface area contributed by atoms with E-state index < -0.39 is 23.9 Å². The summed E-state index contributed by atoms with van der Waals surface area (Å²) in [6.07, 6.45) is -0.430. The van der Waals surface area contributed by atoms with Crippen LogP contribution in [0.2, 0.25) is 0 Å². The van der Waals surface area contributed by atoms with Gasteiger partial charge in [0.15, 0.2) is 0 Å². The summed E-state index contributed by atoms with van der Waals surface area (Å²) in [4.78, 5) is 34.2. The highest BCUT2D eigenvalue weighted by Crippen LogP contribution is 2.08. The number of aliphatic carboxylic acids is 1. The van der Waals surface area contributed by atoms with Crippen molar-refractivity contribution in [2.75, 3.05) is 0 Å². The molecular weight excluding hydrogens is 286 g/mol. The molecule has 1 amide bonds. The van der Waals surface area contributed by atoms with E-state index >= 15 is 0 Å². The van der Waals surface area contributed by atoms with Gasteiger partial charge in [0, 0.05) is 6.42 Å². The summed E-state index contributed by atoms with van der Waals surface area (Å²) in [6.45, 7) is 3.70. The Hall–Kier alpha value is -2.37. The van der Waals surface area contributed by atoms with Crippen LogP contribution in [-0.4, -0.2) is 29.0 Å². The third kappa shape index (κ3) is 6.39. The molecule has 0 unspecified atom stereocenters. The molecule has 1 aromatic carbocycles. The van der Waals surface area contributed by atoms with Gasteiger partial charge in [0.05, 0.1) is 6.42 Å². The number of hydrogen-bond donors (Lipinski definition) is 2. The number of hydrogen-bond acceptors (Lipinski definition) is 4. The maximum Gasteiger partial charge on any atom is 0.329 e. The van der Waals surface area contributed by atoms with Gasteiger partial charge in [-0.25, -0.2) is 4.79 Å². The average Bonchev–Trinajstić information content (AvgIpc) is 2.49. The SMILES string of the molecule is CC(C)[C@H](NC(=O)CCC(=O)O)C(=O)OCc1ccccc1. The minimum atomic E-state index is -1.05. The summed E-state index contributed by atoms with van der Waals surface area (Å²) < 4.78 is 5.21. The minimum absolute atomic E-state index is 0.133. The topological polar surface area (TPSA) is 92.7 Å². The van der Waals surface area contributed by atoms with Gasteiger partial charge in [-0.15, -0.1) is 0 Å². The van der Waals surface area contributed by atoms with Crippen molar-refractivity contribution >= 4 is 17.8 Å². The molecule has 6 heteroatoms. The second-order valence-corrected chi connectivity index (χ2v) is 5.28. The van der Waals surface area contributed by atoms with Crippen LogP contribution >= 0.6 is 0 Å². The third-order valence-corrected chi connectivity index (χ3v) is 3.03. The summed E-state index contributed by atoms with van der Waals surface area (Å²) >= 11 is 0. The van der Waals surface area contributed by atoms with Crippen molar-refractivity contribution in [1.29, 1.82) is 0 Å². The predicted molar refractivity (Wildman–Crippen MR) is 79.9 cm³/mol. The zero-order valence-corrected chi connectivity index (χ0v) is 12.7. The fourth-order valence-electron chi connectivity index (χ4n) is 1.78. The lowest BCUT2D eigenvalue weighted by Crippen LogP contribution is -2.45. The van der Waals surface area contributed by atoms with Gasteiger partial charge in [0.2, 0.25) is 5.91 Å². The first-order valence-corrected chi connectivity index (χ1v) is 7.12. The molecule has 1 atom stereocenters. The fourth-order valence-corrected chi connectivity index (χ4v) is 1.78. The number of carboxylic acid groups (broad SMARTS) is 1. The van der Waals surface area contributed by atoms with E-state index in [-0.39, 0.29) is 25.4 Å². The number of carbonyl (C=O) groups excluding carboxylic acids is 2. The van der Waals surface area contributed by atoms with E-state index in [0.29, 0.717) is 0 Å². The molecule has 6 nitrogen and oxygen atoms in total. The predicted octanol–water partition coefficient (Wildman–Crippen LogP) is 1.74. The Morgan fingerprint density at radius 1 is 1.14 bits per heavy atom. The first kappa shape index (κ1) is 17.7. The summed E-state index contributed by atoms with van der Waals surface area (Å²) in [5, 5.41) is 11.1. The molecule has 2 N–H and O–H groups in total. The number of carboxylic acids is 1. The molecule has 120 valence electrons. The molecule has 0 saturated carbocycles. The van der Waals surface area contributed by atoms with Crippen molar-refractivity contribution in [3.05, 3.63) is 35.9 Å². The molecular formula is C16H21NO5. The van der Waals surface area contributed by atoms with Crippen LogP contribution in [0.25, 0.3) is 0 Å². The van der Waals surface area contributed by atoms with Crippen molar-refractivity contribution in [3.8, 4) is 0 Å². The molecule has 0 spiro atoms. The lowest BCUT2D eigenvalue weighted by atomic mass is 10.0. The summed E-state index contributed by atoms with van der Waals surface area (Å²) in [5.41, 5.74) is 0.857. The van der Waals surface area contributed by atoms with Gasteiger partial charge in [-0.3, -0.25) is 9.59 Å². The van der Waals surface area contributed by atoms with Crippen LogP contribution in [0.15, 0.2) is 30.3 Å². The van der Waals surface area contributed by atoms with E-state index in [1.54, 1.807) is 13.8 Å². The Labute approximate surface area is 129 Å². The van der Waals surface area contributed by atoms with Crippen LogP contribution in [-0.2, 0) is 25.7 Å². The van der Waals surface area contributed by atoms with Crippen LogP contribution in [0.5, 0.6) is 0 Å². The molecule has 0 bridgehead atoms. The largest absolute Gasteiger partial charge is 0.481 e. The van der Waals surface area contributed by atoms with Crippen LogP contribution < -0.4 is 5.32 Å². The first-order chi connectivity index (χ1) is 10.4. The van der Waals surface area contributed by atoms with Gasteiger partial charge >= 0.3 is 11.9 Å². The molecule has 0 aromatic heterocycles. The fraction of sp³-hybridized carbons (Fsp3) is 0.438. The average molecular weight is 307 g/mol. The number of rotatable bonds is 8. The molecule has 22 heavy (non-hydrogen) atoms. The van der Waals surface area contributed by atoms with Gasteiger partial charge < -0.3 is 15.2 Å². The summed E-state index contributed by atoms with van der Waals surface area (Å²) in [6, 6.07) is 8.44. The quantitative estimate of drug-likeness (QED) is 0.714. The zero-order valence-electron chi connectivity index (χ0n) is 12.7. The number of nitrogens with one attached hydrogen (secondary N) is 1. The van der Waals surface area contributed by atoms with Crippen molar-refractivity contribution in [3.63, 3.8) is 0 Å². The molecule has 0 aliphatic rings. The van der Waals surface area contributed by atoms with Crippen molar-refractivity contribution in [2.24, 2.45) is 5.92 Å². The first-order valence-electron chi connectivity index (χ1n) is 7.12. The molecule has 1 aromatic rings. The molecule has 1 rings (SSSR count). The number of benzene rings is 1. The minimum Gasteiger partial charge on any atom is -0.481 e. The van der Waals surface area contributed by atoms with E-state index in [1.807, 2.05) is 30.3 Å². The molecule has 0 saturated heterocycles. The second-order valence-electron chi connectivity index (χ2n) is 5.28. The zero-order chi connectivity index (χ0) is 16.5. The monoisotopic (exact) mass is 307 g/mol. The highest BCUT2D eigenvalue weighted by atomic mass is 16.5. The van der Waals surface area contributed by atoms with Crippen LogP contribution in [0.1, 0.15) is 32.3 Å². The molecule has 0 radical (unpaired) electrons. The highest BCUT2D eigenvalue weighted by Gasteiger charge is 2.25. The van der Waals surface area contributed by atoms with Crippen LogP contribution in [0, 0.1) is 5.92 Å². The van der Waals surface area contributed by atoms with Crippen LogP contribution in [0.3, 0.4) is 0 Å². The van der Waals surface area contributed by atoms with Gasteiger partial charge in [-0.2, -0.15) is 0 Å². The standard InChI is InChI=1S/C16H21NO5/c1-11(2)15(17-13(18)8-9-14(19)20)16(21)22-10-12-6-4-3-5-7-12/h3-7,11,15H,8-10H2,1-2H3,(H,17,18)(H,19,20)/t15-/m0/s1. The van der Waals surface area contributed by atoms with E-state index in [1.165, 1.54) is 0 Å². The number of carbonyl (C=O) groups is 3. The normalized spacial score (nSPS) is 11.8. The Bertz CT molecular complexity index is 513. The molecule has 0 fully saturated rings. The summed E-state index contributed by atoms with van der Waals surface area (Å²) in [7, 11) is 0. The Kier molecular flexibility index (Phi) is 7.08. The Balaban J connectivity index is 2.52. The van der Waals surface area contributed by atoms with Crippen molar-refractivity contribution in [2.45, 2.75) is 39.3 Å². The summed E-state index contributed by atoms with van der Waals surface area (Å²) in [5.74, 6) is -2.21. The molecule has 0 aliphatic heterocycles. The lowest BCUT2D eigenvalue weighted by Gasteiger charge is -2.20. The Morgan fingerprint density at radius 3 is 2.32 bits per heavy atom. The maximum absolute atomic E-state index is 12.1. The van der Waals surface area contributed by atoms with Gasteiger partial charge in [-0.05, 0) is 11.5 Å². The van der Waals surface area contributed by atoms with E-state index in [4.69, 9.17) is 9.84 Å². The number of esters is 1. The van der Waals surface area contributed by atoms with Gasteiger partial charge in [0.1, 0.15) is 12.6 Å². The van der Waals surface area contributed by atoms with Crippen molar-refractivity contribution < 1.29 is 24.2 Å².